The van der Waals surface area contributed by atoms with Gasteiger partial charge in [-0.1, -0.05) is 20.8 Å². The largest absolute Gasteiger partial charge is 0.433 e. The zero-order valence-electron chi connectivity index (χ0n) is 14.1. The molecule has 3 nitrogen and oxygen atoms in total. The zero-order chi connectivity index (χ0) is 16.9. The van der Waals surface area contributed by atoms with Crippen molar-refractivity contribution < 1.29 is 17.6 Å². The highest BCUT2D eigenvalue weighted by Gasteiger charge is 2.45. The van der Waals surface area contributed by atoms with Gasteiger partial charge in [-0.15, -0.1) is 0 Å². The van der Waals surface area contributed by atoms with E-state index in [-0.39, 0.29) is 22.7 Å². The highest BCUT2D eigenvalue weighted by Crippen LogP contribution is 2.44. The molecule has 0 amide bonds. The molecule has 0 radical (unpaired) electrons. The van der Waals surface area contributed by atoms with Gasteiger partial charge in [-0.05, 0) is 43.5 Å². The highest BCUT2D eigenvalue weighted by molar-refractivity contribution is 6.74. The molecule has 0 bridgehead atoms. The average molecular weight is 334 g/mol. The lowest BCUT2D eigenvalue weighted by Gasteiger charge is -2.45. The molecular weight excluding hydrogens is 309 g/mol. The first-order valence-corrected chi connectivity index (χ1v) is 10.5. The lowest BCUT2D eigenvalue weighted by atomic mass is 9.89. The molecule has 1 aliphatic rings. The summed E-state index contributed by atoms with van der Waals surface area (Å²) in [6.07, 6.45) is -1.79. The summed E-state index contributed by atoms with van der Waals surface area (Å²) in [4.78, 5) is 0. The molecule has 0 spiro atoms. The van der Waals surface area contributed by atoms with E-state index >= 15 is 0 Å². The third kappa shape index (κ3) is 3.25. The molecule has 2 rings (SSSR count). The van der Waals surface area contributed by atoms with Gasteiger partial charge in [0.1, 0.15) is 5.69 Å². The minimum Gasteiger partial charge on any atom is -0.414 e. The summed E-state index contributed by atoms with van der Waals surface area (Å²) in [6, 6.07) is -0.208. The van der Waals surface area contributed by atoms with Gasteiger partial charge in [0.25, 0.3) is 0 Å². The number of alkyl halides is 3. The maximum atomic E-state index is 13.1. The van der Waals surface area contributed by atoms with E-state index < -0.39 is 20.2 Å². The van der Waals surface area contributed by atoms with Crippen molar-refractivity contribution in [3.8, 4) is 0 Å². The number of halogens is 3. The van der Waals surface area contributed by atoms with Crippen LogP contribution in [0.2, 0.25) is 18.1 Å². The lowest BCUT2D eigenvalue weighted by Crippen LogP contribution is -2.48. The average Bonchev–Trinajstić information content (AvgIpc) is 2.62. The van der Waals surface area contributed by atoms with Crippen molar-refractivity contribution in [3.05, 3.63) is 17.5 Å². The molecule has 0 N–H and O–H groups in total. The van der Waals surface area contributed by atoms with Gasteiger partial charge in [0.2, 0.25) is 0 Å². The SMILES string of the molecule is Cc1cnn(C2CC(O[Si](C)(C)C(C)(C)C)C2)c1C(F)(F)F. The van der Waals surface area contributed by atoms with Crippen molar-refractivity contribution in [2.24, 2.45) is 0 Å². The van der Waals surface area contributed by atoms with Gasteiger partial charge in [-0.25, -0.2) is 0 Å². The first kappa shape index (κ1) is 17.5. The van der Waals surface area contributed by atoms with Gasteiger partial charge >= 0.3 is 6.18 Å². The number of hydrogen-bond donors (Lipinski definition) is 0. The summed E-state index contributed by atoms with van der Waals surface area (Å²) in [6.45, 7) is 12.3. The minimum absolute atomic E-state index is 0.0523. The second-order valence-corrected chi connectivity index (χ2v) is 12.5. The van der Waals surface area contributed by atoms with Crippen molar-refractivity contribution in [1.29, 1.82) is 0 Å². The summed E-state index contributed by atoms with van der Waals surface area (Å²) in [7, 11) is -1.87. The molecule has 22 heavy (non-hydrogen) atoms. The molecule has 1 aromatic heterocycles. The number of nitrogens with zero attached hydrogens (tertiary/aromatic N) is 2. The molecule has 1 fully saturated rings. The zero-order valence-corrected chi connectivity index (χ0v) is 15.1. The van der Waals surface area contributed by atoms with Gasteiger partial charge in [-0.3, -0.25) is 4.68 Å². The fourth-order valence-electron chi connectivity index (χ4n) is 2.51. The Morgan fingerprint density at radius 2 is 1.77 bits per heavy atom. The van der Waals surface area contributed by atoms with Crippen LogP contribution in [0, 0.1) is 6.92 Å². The van der Waals surface area contributed by atoms with Gasteiger partial charge < -0.3 is 4.43 Å². The van der Waals surface area contributed by atoms with Gasteiger partial charge in [-0.2, -0.15) is 18.3 Å². The lowest BCUT2D eigenvalue weighted by molar-refractivity contribution is -0.147. The predicted molar refractivity (Wildman–Crippen MR) is 82.3 cm³/mol. The fraction of sp³-hybridized carbons (Fsp3) is 0.800. The van der Waals surface area contributed by atoms with Crippen LogP contribution >= 0.6 is 0 Å². The Morgan fingerprint density at radius 1 is 1.23 bits per heavy atom. The van der Waals surface area contributed by atoms with Crippen LogP contribution in [0.4, 0.5) is 13.2 Å². The van der Waals surface area contributed by atoms with Crippen LogP contribution in [0.3, 0.4) is 0 Å². The predicted octanol–water partition coefficient (Wildman–Crippen LogP) is 4.94. The fourth-order valence-corrected chi connectivity index (χ4v) is 3.89. The Hall–Kier alpha value is -0.823. The van der Waals surface area contributed by atoms with E-state index in [1.54, 1.807) is 0 Å². The van der Waals surface area contributed by atoms with E-state index in [1.807, 2.05) is 0 Å². The van der Waals surface area contributed by atoms with Crippen LogP contribution in [-0.2, 0) is 10.6 Å². The Balaban J connectivity index is 2.04. The monoisotopic (exact) mass is 334 g/mol. The molecule has 0 saturated heterocycles. The Morgan fingerprint density at radius 3 is 2.23 bits per heavy atom. The van der Waals surface area contributed by atoms with Crippen LogP contribution in [0.1, 0.15) is 50.9 Å². The Kier molecular flexibility index (Phi) is 4.28. The van der Waals surface area contributed by atoms with Gasteiger partial charge in [0, 0.05) is 6.10 Å². The molecule has 0 unspecified atom stereocenters. The van der Waals surface area contributed by atoms with Crippen LogP contribution in [-0.4, -0.2) is 24.2 Å². The van der Waals surface area contributed by atoms with E-state index in [0.29, 0.717) is 12.8 Å². The second kappa shape index (κ2) is 5.37. The van der Waals surface area contributed by atoms with Crippen molar-refractivity contribution in [2.75, 3.05) is 0 Å². The van der Waals surface area contributed by atoms with Crippen LogP contribution in [0.5, 0.6) is 0 Å². The quantitative estimate of drug-likeness (QED) is 0.732. The number of aryl methyl sites for hydroxylation is 1. The minimum atomic E-state index is -4.36. The van der Waals surface area contributed by atoms with E-state index in [0.717, 1.165) is 4.68 Å². The first-order chi connectivity index (χ1) is 9.83. The summed E-state index contributed by atoms with van der Waals surface area (Å²) < 4.78 is 46.7. The normalized spacial score (nSPS) is 23.5. The molecular formula is C15H25F3N2OSi. The molecule has 1 aliphatic carbocycles. The van der Waals surface area contributed by atoms with Gasteiger partial charge in [0.15, 0.2) is 8.32 Å². The standard InChI is InChI=1S/C15H25F3N2OSi/c1-10-9-19-20(13(10)15(16,17)18)11-7-12(8-11)21-22(5,6)14(2,3)4/h9,11-12H,7-8H2,1-6H3. The number of aromatic nitrogens is 2. The molecule has 0 atom stereocenters. The van der Waals surface area contributed by atoms with Crippen molar-refractivity contribution >= 4 is 8.32 Å². The topological polar surface area (TPSA) is 27.1 Å². The first-order valence-electron chi connectivity index (χ1n) is 7.62. The summed E-state index contributed by atoms with van der Waals surface area (Å²) >= 11 is 0. The van der Waals surface area contributed by atoms with E-state index in [1.165, 1.54) is 13.1 Å². The highest BCUT2D eigenvalue weighted by atomic mass is 28.4. The molecule has 0 aliphatic heterocycles. The van der Waals surface area contributed by atoms with Crippen molar-refractivity contribution in [2.45, 2.75) is 77.0 Å². The Labute approximate surface area is 131 Å². The van der Waals surface area contributed by atoms with E-state index in [4.69, 9.17) is 4.43 Å². The number of hydrogen-bond acceptors (Lipinski definition) is 2. The third-order valence-corrected chi connectivity index (χ3v) is 9.47. The molecule has 7 heteroatoms. The molecule has 1 aromatic rings. The maximum Gasteiger partial charge on any atom is 0.433 e. The van der Waals surface area contributed by atoms with E-state index in [2.05, 4.69) is 39.0 Å². The van der Waals surface area contributed by atoms with Crippen LogP contribution < -0.4 is 0 Å². The summed E-state index contributed by atoms with van der Waals surface area (Å²) in [5.41, 5.74) is -0.440. The molecule has 0 aromatic carbocycles. The van der Waals surface area contributed by atoms with Crippen molar-refractivity contribution in [3.63, 3.8) is 0 Å². The molecule has 126 valence electrons. The summed E-state index contributed by atoms with van der Waals surface area (Å²) in [5.74, 6) is 0. The van der Waals surface area contributed by atoms with E-state index in [9.17, 15) is 13.2 Å². The Bertz CT molecular complexity index is 540. The van der Waals surface area contributed by atoms with Gasteiger partial charge in [0.05, 0.1) is 12.2 Å². The van der Waals surface area contributed by atoms with Crippen molar-refractivity contribution in [1.82, 2.24) is 9.78 Å². The van der Waals surface area contributed by atoms with Crippen LogP contribution in [0.25, 0.3) is 0 Å². The second-order valence-electron chi connectivity index (χ2n) is 7.74. The molecule has 1 saturated carbocycles. The summed E-state index contributed by atoms with van der Waals surface area (Å²) in [5, 5.41) is 4.04. The molecule has 1 heterocycles. The number of rotatable bonds is 3. The maximum absolute atomic E-state index is 13.1. The van der Waals surface area contributed by atoms with Crippen LogP contribution in [0.15, 0.2) is 6.20 Å². The third-order valence-electron chi connectivity index (χ3n) is 4.93. The smallest absolute Gasteiger partial charge is 0.414 e.